The summed E-state index contributed by atoms with van der Waals surface area (Å²) < 4.78 is 5.49. The van der Waals surface area contributed by atoms with Crippen LogP contribution in [0.2, 0.25) is 0 Å². The van der Waals surface area contributed by atoms with E-state index in [0.29, 0.717) is 30.6 Å². The normalized spacial score (nSPS) is 29.3. The Morgan fingerprint density at radius 2 is 2.04 bits per heavy atom. The van der Waals surface area contributed by atoms with Gasteiger partial charge in [-0.05, 0) is 86.1 Å². The second kappa shape index (κ2) is 8.32. The van der Waals surface area contributed by atoms with Crippen LogP contribution in [0, 0.1) is 11.8 Å². The highest BCUT2D eigenvalue weighted by Crippen LogP contribution is 2.40. The van der Waals surface area contributed by atoms with Crippen LogP contribution in [0.25, 0.3) is 0 Å². The zero-order valence-electron chi connectivity index (χ0n) is 16.5. The lowest BCUT2D eigenvalue weighted by Crippen LogP contribution is -2.44. The minimum absolute atomic E-state index is 0.231. The Morgan fingerprint density at radius 3 is 2.78 bits per heavy atom. The lowest BCUT2D eigenvalue weighted by Gasteiger charge is -2.37. The standard InChI is InChI=1S/C23H33NO3/c1-27-21-7-5-17-12-19-4-6-20(26)13-18(22(17)14-21)8-10-24(15-16-2-3-16)23(19)9-11-25/h5,7,14,16,18-19,23,25H,2-4,6,8-13,15H2,1H3/t18-,19+,23+/m1/s1. The Balaban J connectivity index is 1.72. The molecule has 2 aliphatic carbocycles. The van der Waals surface area contributed by atoms with Crippen LogP contribution in [0.3, 0.4) is 0 Å². The fourth-order valence-electron chi connectivity index (χ4n) is 5.26. The number of methoxy groups -OCH3 is 1. The maximum Gasteiger partial charge on any atom is 0.133 e. The number of aliphatic hydroxyl groups is 1. The molecule has 0 radical (unpaired) electrons. The predicted octanol–water partition coefficient (Wildman–Crippen LogP) is 3.56. The molecule has 3 atom stereocenters. The van der Waals surface area contributed by atoms with Crippen molar-refractivity contribution >= 4 is 5.78 Å². The molecular weight excluding hydrogens is 338 g/mol. The molecule has 4 rings (SSSR count). The molecule has 3 aliphatic rings. The molecule has 1 N–H and O–H groups in total. The third-order valence-corrected chi connectivity index (χ3v) is 6.94. The summed E-state index contributed by atoms with van der Waals surface area (Å²) in [7, 11) is 1.71. The van der Waals surface area contributed by atoms with E-state index in [4.69, 9.17) is 4.74 Å². The molecule has 1 aliphatic heterocycles. The van der Waals surface area contributed by atoms with Crippen LogP contribution < -0.4 is 4.74 Å². The number of hydrogen-bond acceptors (Lipinski definition) is 4. The van der Waals surface area contributed by atoms with E-state index in [1.165, 1.54) is 30.5 Å². The summed E-state index contributed by atoms with van der Waals surface area (Å²) >= 11 is 0. The van der Waals surface area contributed by atoms with Gasteiger partial charge in [0, 0.05) is 32.0 Å². The molecule has 148 valence electrons. The molecule has 0 unspecified atom stereocenters. The summed E-state index contributed by atoms with van der Waals surface area (Å²) in [5, 5.41) is 9.78. The van der Waals surface area contributed by atoms with Crippen molar-refractivity contribution in [2.24, 2.45) is 11.8 Å². The molecule has 1 saturated carbocycles. The Kier molecular flexibility index (Phi) is 5.84. The molecule has 0 spiro atoms. The van der Waals surface area contributed by atoms with E-state index in [-0.39, 0.29) is 12.5 Å². The summed E-state index contributed by atoms with van der Waals surface area (Å²) in [5.41, 5.74) is 2.71. The van der Waals surface area contributed by atoms with Gasteiger partial charge in [0.2, 0.25) is 0 Å². The number of ketones is 1. The van der Waals surface area contributed by atoms with Crippen molar-refractivity contribution in [1.29, 1.82) is 0 Å². The maximum atomic E-state index is 12.6. The largest absolute Gasteiger partial charge is 0.497 e. The van der Waals surface area contributed by atoms with Crippen molar-refractivity contribution in [2.75, 3.05) is 26.8 Å². The number of carbonyl (C=O) groups excluding carboxylic acids is 1. The zero-order chi connectivity index (χ0) is 18.8. The zero-order valence-corrected chi connectivity index (χ0v) is 16.5. The summed E-state index contributed by atoms with van der Waals surface area (Å²) in [4.78, 5) is 15.3. The van der Waals surface area contributed by atoms with Crippen molar-refractivity contribution in [2.45, 2.75) is 63.3 Å². The maximum absolute atomic E-state index is 12.6. The lowest BCUT2D eigenvalue weighted by molar-refractivity contribution is -0.120. The molecule has 1 aromatic rings. The molecule has 1 aromatic carbocycles. The minimum atomic E-state index is 0.231. The first-order valence-corrected chi connectivity index (χ1v) is 10.7. The topological polar surface area (TPSA) is 49.8 Å². The SMILES string of the molecule is COc1ccc2c(c1)[C@@H]1CCN(CC3CC3)[C@@H](CCO)[C@@H](CCC(=O)C1)C2. The highest BCUT2D eigenvalue weighted by molar-refractivity contribution is 5.79. The van der Waals surface area contributed by atoms with E-state index in [2.05, 4.69) is 23.1 Å². The van der Waals surface area contributed by atoms with Crippen LogP contribution >= 0.6 is 0 Å². The number of aliphatic hydroxyl groups excluding tert-OH is 1. The van der Waals surface area contributed by atoms with Gasteiger partial charge in [-0.25, -0.2) is 0 Å². The minimum Gasteiger partial charge on any atom is -0.497 e. The molecule has 0 amide bonds. The van der Waals surface area contributed by atoms with Gasteiger partial charge in [-0.2, -0.15) is 0 Å². The van der Waals surface area contributed by atoms with Crippen LogP contribution in [-0.4, -0.2) is 48.6 Å². The fourth-order valence-corrected chi connectivity index (χ4v) is 5.26. The molecule has 0 saturated heterocycles. The third kappa shape index (κ3) is 4.38. The molecular formula is C23H33NO3. The van der Waals surface area contributed by atoms with Gasteiger partial charge in [-0.3, -0.25) is 9.69 Å². The number of rotatable bonds is 5. The summed E-state index contributed by atoms with van der Waals surface area (Å²) in [5.74, 6) is 2.86. The van der Waals surface area contributed by atoms with Crippen molar-refractivity contribution in [3.05, 3.63) is 29.3 Å². The average molecular weight is 372 g/mol. The third-order valence-electron chi connectivity index (χ3n) is 6.94. The number of carbonyl (C=O) groups is 1. The smallest absolute Gasteiger partial charge is 0.133 e. The summed E-state index contributed by atoms with van der Waals surface area (Å²) in [6, 6.07) is 6.84. The van der Waals surface area contributed by atoms with E-state index >= 15 is 0 Å². The van der Waals surface area contributed by atoms with Gasteiger partial charge in [0.05, 0.1) is 7.11 Å². The van der Waals surface area contributed by atoms with E-state index < -0.39 is 0 Å². The van der Waals surface area contributed by atoms with Crippen LogP contribution in [0.5, 0.6) is 5.75 Å². The number of nitrogens with zero attached hydrogens (tertiary/aromatic N) is 1. The van der Waals surface area contributed by atoms with Gasteiger partial charge in [0.15, 0.2) is 0 Å². The Labute approximate surface area is 162 Å². The van der Waals surface area contributed by atoms with Crippen LogP contribution in [0.1, 0.15) is 62.0 Å². The molecule has 0 aromatic heterocycles. The van der Waals surface area contributed by atoms with E-state index in [0.717, 1.165) is 43.9 Å². The number of benzene rings is 1. The van der Waals surface area contributed by atoms with E-state index in [9.17, 15) is 9.90 Å². The molecule has 2 bridgehead atoms. The van der Waals surface area contributed by atoms with Gasteiger partial charge in [0.25, 0.3) is 0 Å². The Morgan fingerprint density at radius 1 is 1.19 bits per heavy atom. The number of ether oxygens (including phenoxy) is 1. The Hall–Kier alpha value is -1.39. The van der Waals surface area contributed by atoms with Crippen LogP contribution in [-0.2, 0) is 11.2 Å². The quantitative estimate of drug-likeness (QED) is 0.860. The number of Topliss-reactive ketones (excluding diaryl/α,β-unsaturated/α-hetero) is 1. The van der Waals surface area contributed by atoms with Crippen molar-refractivity contribution < 1.29 is 14.6 Å². The van der Waals surface area contributed by atoms with Crippen molar-refractivity contribution in [3.63, 3.8) is 0 Å². The summed E-state index contributed by atoms with van der Waals surface area (Å²) in [6.45, 7) is 2.43. The highest BCUT2D eigenvalue weighted by atomic mass is 16.5. The highest BCUT2D eigenvalue weighted by Gasteiger charge is 2.36. The first kappa shape index (κ1) is 18.9. The first-order chi connectivity index (χ1) is 13.2. The molecule has 1 heterocycles. The second-order valence-corrected chi connectivity index (χ2v) is 8.81. The van der Waals surface area contributed by atoms with E-state index in [1.807, 2.05) is 0 Å². The monoisotopic (exact) mass is 371 g/mol. The predicted molar refractivity (Wildman–Crippen MR) is 106 cm³/mol. The molecule has 27 heavy (non-hydrogen) atoms. The number of fused-ring (bicyclic) bond motifs is 1. The van der Waals surface area contributed by atoms with Crippen molar-refractivity contribution in [3.8, 4) is 5.75 Å². The van der Waals surface area contributed by atoms with E-state index in [1.54, 1.807) is 7.11 Å². The Bertz CT molecular complexity index is 670. The average Bonchev–Trinajstić information content (AvgIpc) is 3.48. The molecule has 4 heteroatoms. The van der Waals surface area contributed by atoms with Crippen LogP contribution in [0.15, 0.2) is 18.2 Å². The van der Waals surface area contributed by atoms with Crippen molar-refractivity contribution in [1.82, 2.24) is 4.90 Å². The summed E-state index contributed by atoms with van der Waals surface area (Å²) in [6.07, 6.45) is 7.85. The van der Waals surface area contributed by atoms with Gasteiger partial charge in [-0.1, -0.05) is 6.07 Å². The van der Waals surface area contributed by atoms with Crippen LogP contribution in [0.4, 0.5) is 0 Å². The molecule has 4 nitrogen and oxygen atoms in total. The van der Waals surface area contributed by atoms with Gasteiger partial charge in [0.1, 0.15) is 11.5 Å². The lowest BCUT2D eigenvalue weighted by atomic mass is 9.84. The van der Waals surface area contributed by atoms with Gasteiger partial charge < -0.3 is 9.84 Å². The number of hydrogen-bond donors (Lipinski definition) is 1. The second-order valence-electron chi connectivity index (χ2n) is 8.81. The van der Waals surface area contributed by atoms with Gasteiger partial charge >= 0.3 is 0 Å². The fraction of sp³-hybridized carbons (Fsp3) is 0.696. The molecule has 1 fully saturated rings. The first-order valence-electron chi connectivity index (χ1n) is 10.7. The van der Waals surface area contributed by atoms with Gasteiger partial charge in [-0.15, -0.1) is 0 Å².